The first-order valence-corrected chi connectivity index (χ1v) is 8.72. The van der Waals surface area contributed by atoms with Crippen LogP contribution in [0.1, 0.15) is 10.5 Å². The van der Waals surface area contributed by atoms with Crippen LogP contribution < -0.4 is 4.74 Å². The third-order valence-corrected chi connectivity index (χ3v) is 4.61. The summed E-state index contributed by atoms with van der Waals surface area (Å²) in [6.45, 7) is 0. The smallest absolute Gasteiger partial charge is 0.363 e. The van der Waals surface area contributed by atoms with Crippen LogP contribution in [0.2, 0.25) is 5.02 Å². The molecule has 2 aromatic heterocycles. The quantitative estimate of drug-likeness (QED) is 0.395. The molecule has 0 bridgehead atoms. The highest BCUT2D eigenvalue weighted by atomic mass is 35.5. The molecule has 128 valence electrons. The molecule has 0 amide bonds. The predicted molar refractivity (Wildman–Crippen MR) is 96.7 cm³/mol. The van der Waals surface area contributed by atoms with Crippen molar-refractivity contribution in [3.63, 3.8) is 0 Å². The Hall–Kier alpha value is -3.10. The van der Waals surface area contributed by atoms with Gasteiger partial charge in [0.05, 0.1) is 5.69 Å². The lowest BCUT2D eigenvalue weighted by atomic mass is 10.2. The highest BCUT2D eigenvalue weighted by Gasteiger charge is 2.14. The zero-order valence-corrected chi connectivity index (χ0v) is 14.7. The van der Waals surface area contributed by atoms with Crippen molar-refractivity contribution in [2.75, 3.05) is 0 Å². The van der Waals surface area contributed by atoms with E-state index in [1.54, 1.807) is 41.8 Å². The largest absolute Gasteiger partial charge is 0.422 e. The predicted octanol–water partition coefficient (Wildman–Crippen LogP) is 3.66. The second kappa shape index (κ2) is 7.03. The summed E-state index contributed by atoms with van der Waals surface area (Å²) in [5, 5.41) is 14.0. The summed E-state index contributed by atoms with van der Waals surface area (Å²) in [7, 11) is 0. The molecule has 0 aliphatic carbocycles. The Labute approximate surface area is 156 Å². The number of halogens is 1. The Bertz CT molecular complexity index is 1030. The number of rotatable bonds is 4. The van der Waals surface area contributed by atoms with E-state index in [9.17, 15) is 4.79 Å². The van der Waals surface area contributed by atoms with Crippen molar-refractivity contribution in [2.45, 2.75) is 0 Å². The molecule has 4 rings (SSSR count). The van der Waals surface area contributed by atoms with Crippen molar-refractivity contribution in [1.82, 2.24) is 25.2 Å². The summed E-state index contributed by atoms with van der Waals surface area (Å²) in [6.07, 6.45) is 1.48. The molecule has 4 aromatic rings. The SMILES string of the molecule is O=C(Oc1ccc(-n2cnnn2)cc1)c1csc(-c2ccc(Cl)cc2)n1. The van der Waals surface area contributed by atoms with Crippen LogP contribution >= 0.6 is 22.9 Å². The van der Waals surface area contributed by atoms with Gasteiger partial charge in [-0.2, -0.15) is 0 Å². The van der Waals surface area contributed by atoms with Crippen LogP contribution in [0.25, 0.3) is 16.3 Å². The molecule has 0 saturated carbocycles. The lowest BCUT2D eigenvalue weighted by Crippen LogP contribution is -2.09. The second-order valence-electron chi connectivity index (χ2n) is 5.18. The van der Waals surface area contributed by atoms with Gasteiger partial charge in [0.25, 0.3) is 0 Å². The highest BCUT2D eigenvalue weighted by Crippen LogP contribution is 2.25. The van der Waals surface area contributed by atoms with E-state index in [0.717, 1.165) is 16.3 Å². The van der Waals surface area contributed by atoms with E-state index in [4.69, 9.17) is 16.3 Å². The maximum atomic E-state index is 12.3. The Morgan fingerprint density at radius 3 is 2.54 bits per heavy atom. The van der Waals surface area contributed by atoms with Gasteiger partial charge in [-0.15, -0.1) is 16.4 Å². The Morgan fingerprint density at radius 2 is 1.85 bits per heavy atom. The molecule has 0 aliphatic heterocycles. The van der Waals surface area contributed by atoms with Gasteiger partial charge in [-0.1, -0.05) is 23.7 Å². The maximum absolute atomic E-state index is 12.3. The molecular weight excluding hydrogens is 374 g/mol. The van der Waals surface area contributed by atoms with Crippen LogP contribution in [-0.4, -0.2) is 31.2 Å². The van der Waals surface area contributed by atoms with E-state index in [0.29, 0.717) is 10.8 Å². The average molecular weight is 384 g/mol. The molecule has 0 saturated heterocycles. The van der Waals surface area contributed by atoms with E-state index in [-0.39, 0.29) is 5.69 Å². The van der Waals surface area contributed by atoms with Gasteiger partial charge in [0.1, 0.15) is 17.1 Å². The van der Waals surface area contributed by atoms with E-state index in [2.05, 4.69) is 20.5 Å². The summed E-state index contributed by atoms with van der Waals surface area (Å²) in [4.78, 5) is 16.6. The number of carbonyl (C=O) groups is 1. The summed E-state index contributed by atoms with van der Waals surface area (Å²) in [6, 6.07) is 14.1. The van der Waals surface area contributed by atoms with E-state index in [1.807, 2.05) is 12.1 Å². The van der Waals surface area contributed by atoms with Gasteiger partial charge >= 0.3 is 5.97 Å². The zero-order valence-electron chi connectivity index (χ0n) is 13.1. The van der Waals surface area contributed by atoms with Crippen LogP contribution in [0.5, 0.6) is 5.75 Å². The maximum Gasteiger partial charge on any atom is 0.363 e. The Morgan fingerprint density at radius 1 is 1.08 bits per heavy atom. The molecule has 0 N–H and O–H groups in total. The van der Waals surface area contributed by atoms with Gasteiger partial charge in [-0.3, -0.25) is 0 Å². The Kier molecular flexibility index (Phi) is 4.42. The molecule has 0 spiro atoms. The van der Waals surface area contributed by atoms with Gasteiger partial charge < -0.3 is 4.74 Å². The summed E-state index contributed by atoms with van der Waals surface area (Å²) >= 11 is 7.25. The number of ether oxygens (including phenoxy) is 1. The van der Waals surface area contributed by atoms with Gasteiger partial charge in [0.15, 0.2) is 5.69 Å². The molecule has 9 heteroatoms. The minimum Gasteiger partial charge on any atom is -0.422 e. The lowest BCUT2D eigenvalue weighted by molar-refractivity contribution is 0.0729. The molecule has 0 unspecified atom stereocenters. The van der Waals surface area contributed by atoms with Crippen molar-refractivity contribution >= 4 is 28.9 Å². The van der Waals surface area contributed by atoms with Gasteiger partial charge in [0, 0.05) is 16.0 Å². The molecule has 26 heavy (non-hydrogen) atoms. The summed E-state index contributed by atoms with van der Waals surface area (Å²) in [5.41, 5.74) is 1.90. The standard InChI is InChI=1S/C17H10ClN5O2S/c18-12-3-1-11(2-4-12)16-20-15(9-26-16)17(24)25-14-7-5-13(6-8-14)23-10-19-21-22-23/h1-10H. The fourth-order valence-electron chi connectivity index (χ4n) is 2.20. The third kappa shape index (κ3) is 3.46. The van der Waals surface area contributed by atoms with Gasteiger partial charge in [-0.25, -0.2) is 14.5 Å². The number of aromatic nitrogens is 5. The average Bonchev–Trinajstić information content (AvgIpc) is 3.35. The van der Waals surface area contributed by atoms with Crippen molar-refractivity contribution < 1.29 is 9.53 Å². The normalized spacial score (nSPS) is 10.7. The number of benzene rings is 2. The van der Waals surface area contributed by atoms with Crippen LogP contribution in [0, 0.1) is 0 Å². The number of hydrogen-bond acceptors (Lipinski definition) is 7. The van der Waals surface area contributed by atoms with Crippen molar-refractivity contribution in [1.29, 1.82) is 0 Å². The molecule has 2 aromatic carbocycles. The number of tetrazole rings is 1. The molecule has 7 nitrogen and oxygen atoms in total. The minimum absolute atomic E-state index is 0.254. The number of thiazole rings is 1. The van der Waals surface area contributed by atoms with Gasteiger partial charge in [-0.05, 0) is 46.8 Å². The lowest BCUT2D eigenvalue weighted by Gasteiger charge is -2.04. The first kappa shape index (κ1) is 16.4. The van der Waals surface area contributed by atoms with E-state index < -0.39 is 5.97 Å². The second-order valence-corrected chi connectivity index (χ2v) is 6.48. The Balaban J connectivity index is 1.47. The number of nitrogens with zero attached hydrogens (tertiary/aromatic N) is 5. The van der Waals surface area contributed by atoms with Crippen LogP contribution in [0.15, 0.2) is 60.2 Å². The fourth-order valence-corrected chi connectivity index (χ4v) is 3.12. The first-order valence-electron chi connectivity index (χ1n) is 7.46. The number of hydrogen-bond donors (Lipinski definition) is 0. The summed E-state index contributed by atoms with van der Waals surface area (Å²) < 4.78 is 6.87. The van der Waals surface area contributed by atoms with Crippen LogP contribution in [0.4, 0.5) is 0 Å². The topological polar surface area (TPSA) is 82.8 Å². The zero-order chi connectivity index (χ0) is 17.9. The molecule has 2 heterocycles. The minimum atomic E-state index is -0.517. The first-order chi connectivity index (χ1) is 12.7. The van der Waals surface area contributed by atoms with Crippen LogP contribution in [-0.2, 0) is 0 Å². The molecule has 0 fully saturated rings. The number of carbonyl (C=O) groups excluding carboxylic acids is 1. The molecule has 0 radical (unpaired) electrons. The number of esters is 1. The van der Waals surface area contributed by atoms with E-state index >= 15 is 0 Å². The van der Waals surface area contributed by atoms with Crippen LogP contribution in [0.3, 0.4) is 0 Å². The highest BCUT2D eigenvalue weighted by molar-refractivity contribution is 7.13. The molecular formula is C17H10ClN5O2S. The third-order valence-electron chi connectivity index (χ3n) is 3.47. The van der Waals surface area contributed by atoms with Crippen molar-refractivity contribution in [3.8, 4) is 22.0 Å². The molecule has 0 atom stereocenters. The van der Waals surface area contributed by atoms with E-state index in [1.165, 1.54) is 22.3 Å². The molecule has 0 aliphatic rings. The van der Waals surface area contributed by atoms with Crippen molar-refractivity contribution in [3.05, 3.63) is 71.0 Å². The monoisotopic (exact) mass is 383 g/mol. The fraction of sp³-hybridized carbons (Fsp3) is 0. The van der Waals surface area contributed by atoms with Gasteiger partial charge in [0.2, 0.25) is 0 Å². The summed E-state index contributed by atoms with van der Waals surface area (Å²) in [5.74, 6) is -0.107. The van der Waals surface area contributed by atoms with Crippen molar-refractivity contribution in [2.24, 2.45) is 0 Å².